The van der Waals surface area contributed by atoms with Crippen molar-refractivity contribution in [3.05, 3.63) is 29.6 Å². The lowest BCUT2D eigenvalue weighted by atomic mass is 10.0. The summed E-state index contributed by atoms with van der Waals surface area (Å²) in [6, 6.07) is 5.23. The first kappa shape index (κ1) is 16.9. The van der Waals surface area contributed by atoms with Crippen molar-refractivity contribution in [2.24, 2.45) is 0 Å². The van der Waals surface area contributed by atoms with Crippen molar-refractivity contribution in [3.63, 3.8) is 0 Å². The first-order chi connectivity index (χ1) is 9.51. The van der Waals surface area contributed by atoms with Gasteiger partial charge in [-0.25, -0.2) is 4.39 Å². The summed E-state index contributed by atoms with van der Waals surface area (Å²) in [7, 11) is 0. The van der Waals surface area contributed by atoms with Crippen LogP contribution in [0.3, 0.4) is 0 Å². The van der Waals surface area contributed by atoms with Crippen LogP contribution in [-0.2, 0) is 0 Å². The summed E-state index contributed by atoms with van der Waals surface area (Å²) < 4.78 is 13.6. The summed E-state index contributed by atoms with van der Waals surface area (Å²) in [6.45, 7) is 9.85. The van der Waals surface area contributed by atoms with Gasteiger partial charge in [0.05, 0.1) is 6.61 Å². The molecule has 20 heavy (non-hydrogen) atoms. The van der Waals surface area contributed by atoms with E-state index in [1.807, 2.05) is 13.0 Å². The predicted molar refractivity (Wildman–Crippen MR) is 82.7 cm³/mol. The van der Waals surface area contributed by atoms with Gasteiger partial charge in [-0.3, -0.25) is 0 Å². The number of aliphatic hydroxyl groups is 1. The minimum absolute atomic E-state index is 0.0839. The van der Waals surface area contributed by atoms with Crippen molar-refractivity contribution in [3.8, 4) is 0 Å². The van der Waals surface area contributed by atoms with Gasteiger partial charge in [0, 0.05) is 24.3 Å². The summed E-state index contributed by atoms with van der Waals surface area (Å²) in [6.07, 6.45) is 1.04. The Morgan fingerprint density at radius 2 is 2.00 bits per heavy atom. The number of benzene rings is 1. The zero-order valence-electron chi connectivity index (χ0n) is 13.0. The maximum atomic E-state index is 13.6. The first-order valence-corrected chi connectivity index (χ1v) is 7.41. The number of aliphatic hydroxyl groups excluding tert-OH is 1. The molecule has 3 nitrogen and oxygen atoms in total. The van der Waals surface area contributed by atoms with Crippen molar-refractivity contribution < 1.29 is 9.50 Å². The van der Waals surface area contributed by atoms with Crippen LogP contribution in [-0.4, -0.2) is 30.8 Å². The van der Waals surface area contributed by atoms with Crippen molar-refractivity contribution in [2.75, 3.05) is 24.6 Å². The predicted octanol–water partition coefficient (Wildman–Crippen LogP) is 3.09. The van der Waals surface area contributed by atoms with Crippen molar-refractivity contribution in [1.29, 1.82) is 0 Å². The van der Waals surface area contributed by atoms with Gasteiger partial charge in [0.25, 0.3) is 0 Å². The number of halogens is 1. The molecule has 1 unspecified atom stereocenters. The maximum absolute atomic E-state index is 13.6. The fourth-order valence-electron chi connectivity index (χ4n) is 2.37. The number of nitrogens with one attached hydrogen (secondary N) is 1. The number of anilines is 1. The summed E-state index contributed by atoms with van der Waals surface area (Å²) in [4.78, 5) is 2.11. The Bertz CT molecular complexity index is 409. The van der Waals surface area contributed by atoms with Crippen LogP contribution in [0.4, 0.5) is 10.1 Å². The van der Waals surface area contributed by atoms with E-state index in [0.29, 0.717) is 6.54 Å². The molecule has 1 aromatic rings. The van der Waals surface area contributed by atoms with Gasteiger partial charge in [-0.05, 0) is 57.5 Å². The second-order valence-electron chi connectivity index (χ2n) is 5.39. The molecule has 0 saturated heterocycles. The Balaban J connectivity index is 3.10. The van der Waals surface area contributed by atoms with Gasteiger partial charge in [-0.2, -0.15) is 0 Å². The fraction of sp³-hybridized carbons (Fsp3) is 0.625. The van der Waals surface area contributed by atoms with Gasteiger partial charge in [0.1, 0.15) is 5.82 Å². The van der Waals surface area contributed by atoms with Crippen LogP contribution in [0.2, 0.25) is 0 Å². The quantitative estimate of drug-likeness (QED) is 0.769. The van der Waals surface area contributed by atoms with E-state index in [1.165, 1.54) is 6.07 Å². The summed E-state index contributed by atoms with van der Waals surface area (Å²) in [5, 5.41) is 12.6. The first-order valence-electron chi connectivity index (χ1n) is 7.41. The number of hydrogen-bond donors (Lipinski definition) is 2. The average molecular weight is 282 g/mol. The van der Waals surface area contributed by atoms with Gasteiger partial charge in [-0.15, -0.1) is 0 Å². The van der Waals surface area contributed by atoms with Crippen LogP contribution >= 0.6 is 0 Å². The van der Waals surface area contributed by atoms with E-state index in [9.17, 15) is 9.50 Å². The van der Waals surface area contributed by atoms with E-state index in [2.05, 4.69) is 31.0 Å². The molecular weight excluding hydrogens is 255 g/mol. The third-order valence-electron chi connectivity index (χ3n) is 3.43. The fourth-order valence-corrected chi connectivity index (χ4v) is 2.37. The van der Waals surface area contributed by atoms with Crippen LogP contribution in [0, 0.1) is 5.82 Å². The Morgan fingerprint density at radius 3 is 2.55 bits per heavy atom. The highest BCUT2D eigenvalue weighted by atomic mass is 19.1. The molecule has 1 atom stereocenters. The summed E-state index contributed by atoms with van der Waals surface area (Å²) in [5.74, 6) is -0.221. The highest BCUT2D eigenvalue weighted by Gasteiger charge is 2.18. The van der Waals surface area contributed by atoms with Crippen LogP contribution in [0.15, 0.2) is 18.2 Å². The molecule has 1 rings (SSSR count). The summed E-state index contributed by atoms with van der Waals surface area (Å²) in [5.41, 5.74) is 1.94. The Morgan fingerprint density at radius 1 is 1.30 bits per heavy atom. The lowest BCUT2D eigenvalue weighted by Gasteiger charge is -2.32. The van der Waals surface area contributed by atoms with Crippen LogP contribution in [0.1, 0.15) is 45.7 Å². The van der Waals surface area contributed by atoms with E-state index >= 15 is 0 Å². The molecule has 2 N–H and O–H groups in total. The second-order valence-corrected chi connectivity index (χ2v) is 5.39. The minimum atomic E-state index is -0.221. The monoisotopic (exact) mass is 282 g/mol. The SMILES string of the molecule is CCCNC(C)c1cc(F)ccc1N(CCO)C(C)C. The topological polar surface area (TPSA) is 35.5 Å². The number of hydrogen-bond acceptors (Lipinski definition) is 3. The van der Waals surface area contributed by atoms with Crippen molar-refractivity contribution >= 4 is 5.69 Å². The Kier molecular flexibility index (Phi) is 6.96. The lowest BCUT2D eigenvalue weighted by molar-refractivity contribution is 0.299. The van der Waals surface area contributed by atoms with E-state index in [1.54, 1.807) is 6.07 Å². The molecule has 0 saturated carbocycles. The molecule has 0 bridgehead atoms. The number of rotatable bonds is 8. The maximum Gasteiger partial charge on any atom is 0.123 e. The van der Waals surface area contributed by atoms with Crippen molar-refractivity contribution in [1.82, 2.24) is 5.32 Å². The lowest BCUT2D eigenvalue weighted by Crippen LogP contribution is -2.35. The Labute approximate surface area is 121 Å². The average Bonchev–Trinajstić information content (AvgIpc) is 2.42. The molecule has 114 valence electrons. The van der Waals surface area contributed by atoms with Gasteiger partial charge in [-0.1, -0.05) is 6.92 Å². The van der Waals surface area contributed by atoms with Crippen molar-refractivity contribution in [2.45, 2.75) is 46.2 Å². The molecule has 0 aliphatic rings. The van der Waals surface area contributed by atoms with Gasteiger partial charge in [0.15, 0.2) is 0 Å². The molecule has 0 aliphatic heterocycles. The van der Waals surface area contributed by atoms with Gasteiger partial charge in [0.2, 0.25) is 0 Å². The van der Waals surface area contributed by atoms with E-state index < -0.39 is 0 Å². The summed E-state index contributed by atoms with van der Waals surface area (Å²) >= 11 is 0. The number of nitrogens with zero attached hydrogens (tertiary/aromatic N) is 1. The van der Waals surface area contributed by atoms with Crippen LogP contribution in [0.25, 0.3) is 0 Å². The van der Waals surface area contributed by atoms with Crippen LogP contribution < -0.4 is 10.2 Å². The molecule has 0 aliphatic carbocycles. The minimum Gasteiger partial charge on any atom is -0.395 e. The smallest absolute Gasteiger partial charge is 0.123 e. The second kappa shape index (κ2) is 8.22. The highest BCUT2D eigenvalue weighted by molar-refractivity contribution is 5.55. The zero-order chi connectivity index (χ0) is 15.1. The largest absolute Gasteiger partial charge is 0.395 e. The van der Waals surface area contributed by atoms with E-state index in [0.717, 1.165) is 24.2 Å². The zero-order valence-corrected chi connectivity index (χ0v) is 13.0. The third kappa shape index (κ3) is 4.46. The molecule has 0 aromatic heterocycles. The molecule has 4 heteroatoms. The normalized spacial score (nSPS) is 12.8. The molecule has 0 spiro atoms. The standard InChI is InChI=1S/C16H27FN2O/c1-5-8-18-13(4)15-11-14(17)6-7-16(15)19(9-10-20)12(2)3/h6-7,11-13,18,20H,5,8-10H2,1-4H3. The molecular formula is C16H27FN2O. The Hall–Kier alpha value is -1.13. The molecule has 1 aromatic carbocycles. The highest BCUT2D eigenvalue weighted by Crippen LogP contribution is 2.28. The van der Waals surface area contributed by atoms with E-state index in [4.69, 9.17) is 0 Å². The molecule has 0 heterocycles. The van der Waals surface area contributed by atoms with Crippen LogP contribution in [0.5, 0.6) is 0 Å². The molecule has 0 fully saturated rings. The van der Waals surface area contributed by atoms with Gasteiger partial charge >= 0.3 is 0 Å². The van der Waals surface area contributed by atoms with Gasteiger partial charge < -0.3 is 15.3 Å². The molecule has 0 radical (unpaired) electrons. The third-order valence-corrected chi connectivity index (χ3v) is 3.43. The van der Waals surface area contributed by atoms with E-state index in [-0.39, 0.29) is 24.5 Å². The molecule has 0 amide bonds.